The molecular formula is C22H21ClF3N3OS. The fourth-order valence-electron chi connectivity index (χ4n) is 3.44. The molecule has 4 nitrogen and oxygen atoms in total. The summed E-state index contributed by atoms with van der Waals surface area (Å²) in [7, 11) is 0. The van der Waals surface area contributed by atoms with Crippen molar-refractivity contribution in [1.29, 1.82) is 0 Å². The lowest BCUT2D eigenvalue weighted by molar-refractivity contribution is -0.137. The summed E-state index contributed by atoms with van der Waals surface area (Å²) in [4.78, 5) is 21.2. The summed E-state index contributed by atoms with van der Waals surface area (Å²) in [5.74, 6) is -0.360. The minimum Gasteiger partial charge on any atom is -0.336 e. The smallest absolute Gasteiger partial charge is 0.336 e. The molecule has 1 amide bonds. The molecule has 0 atom stereocenters. The predicted octanol–water partition coefficient (Wildman–Crippen LogP) is 5.21. The van der Waals surface area contributed by atoms with E-state index in [0.29, 0.717) is 32.7 Å². The molecule has 1 fully saturated rings. The number of piperazine rings is 1. The van der Waals surface area contributed by atoms with Gasteiger partial charge >= 0.3 is 6.18 Å². The van der Waals surface area contributed by atoms with E-state index in [0.717, 1.165) is 28.4 Å². The van der Waals surface area contributed by atoms with Crippen LogP contribution in [0.3, 0.4) is 0 Å². The Morgan fingerprint density at radius 1 is 1.00 bits per heavy atom. The maximum absolute atomic E-state index is 12.9. The minimum absolute atomic E-state index is 0. The van der Waals surface area contributed by atoms with Gasteiger partial charge in [0.15, 0.2) is 0 Å². The minimum atomic E-state index is -4.46. The molecule has 9 heteroatoms. The number of thiazole rings is 1. The molecule has 3 aromatic rings. The topological polar surface area (TPSA) is 36.4 Å². The van der Waals surface area contributed by atoms with Gasteiger partial charge in [-0.2, -0.15) is 13.2 Å². The molecule has 0 aliphatic carbocycles. The van der Waals surface area contributed by atoms with E-state index in [1.165, 1.54) is 12.1 Å². The molecule has 2 heterocycles. The number of alkyl halides is 3. The van der Waals surface area contributed by atoms with E-state index < -0.39 is 11.7 Å². The zero-order valence-electron chi connectivity index (χ0n) is 16.5. The molecule has 0 unspecified atom stereocenters. The van der Waals surface area contributed by atoms with Gasteiger partial charge in [-0.25, -0.2) is 4.98 Å². The summed E-state index contributed by atoms with van der Waals surface area (Å²) in [6.07, 6.45) is -4.46. The SMILES string of the molecule is Cl.O=C(c1cccc(C(F)(F)F)c1)N1CCN(Cc2csc(-c3ccccc3)n2)CC1. The van der Waals surface area contributed by atoms with Gasteiger partial charge in [0.25, 0.3) is 5.91 Å². The predicted molar refractivity (Wildman–Crippen MR) is 117 cm³/mol. The van der Waals surface area contributed by atoms with Gasteiger partial charge in [0.1, 0.15) is 5.01 Å². The summed E-state index contributed by atoms with van der Waals surface area (Å²) in [6.45, 7) is 2.95. The van der Waals surface area contributed by atoms with Crippen LogP contribution < -0.4 is 0 Å². The summed E-state index contributed by atoms with van der Waals surface area (Å²) < 4.78 is 38.7. The Hall–Kier alpha value is -2.42. The Balaban J connectivity index is 0.00000272. The van der Waals surface area contributed by atoms with Crippen LogP contribution in [0.4, 0.5) is 13.2 Å². The molecule has 0 bridgehead atoms. The molecule has 2 aromatic carbocycles. The molecule has 0 N–H and O–H groups in total. The van der Waals surface area contributed by atoms with E-state index in [4.69, 9.17) is 4.98 Å². The van der Waals surface area contributed by atoms with Gasteiger partial charge in [-0.15, -0.1) is 23.7 Å². The first-order chi connectivity index (χ1) is 14.4. The van der Waals surface area contributed by atoms with E-state index in [2.05, 4.69) is 4.90 Å². The Bertz CT molecular complexity index is 1020. The first-order valence-electron chi connectivity index (χ1n) is 9.59. The van der Waals surface area contributed by atoms with Gasteiger partial charge in [0.05, 0.1) is 11.3 Å². The second-order valence-corrected chi connectivity index (χ2v) is 8.02. The molecule has 1 saturated heterocycles. The van der Waals surface area contributed by atoms with Crippen molar-refractivity contribution in [3.8, 4) is 10.6 Å². The Labute approximate surface area is 188 Å². The van der Waals surface area contributed by atoms with Crippen LogP contribution in [0.5, 0.6) is 0 Å². The number of rotatable bonds is 4. The average molecular weight is 468 g/mol. The monoisotopic (exact) mass is 467 g/mol. The van der Waals surface area contributed by atoms with Crippen molar-refractivity contribution in [2.75, 3.05) is 26.2 Å². The highest BCUT2D eigenvalue weighted by Gasteiger charge is 2.31. The number of aromatic nitrogens is 1. The first-order valence-corrected chi connectivity index (χ1v) is 10.5. The fourth-order valence-corrected chi connectivity index (χ4v) is 4.26. The van der Waals surface area contributed by atoms with Crippen molar-refractivity contribution in [3.05, 3.63) is 76.8 Å². The molecule has 1 aliphatic rings. The van der Waals surface area contributed by atoms with Crippen molar-refractivity contribution < 1.29 is 18.0 Å². The van der Waals surface area contributed by atoms with Crippen molar-refractivity contribution in [2.24, 2.45) is 0 Å². The van der Waals surface area contributed by atoms with E-state index in [-0.39, 0.29) is 23.9 Å². The third kappa shape index (κ3) is 5.64. The van der Waals surface area contributed by atoms with Crippen molar-refractivity contribution in [3.63, 3.8) is 0 Å². The standard InChI is InChI=1S/C22H20F3N3OS.ClH/c23-22(24,25)18-8-4-7-17(13-18)21(29)28-11-9-27(10-12-28)14-19-15-30-20(26-19)16-5-2-1-3-6-16;/h1-8,13,15H,9-12,14H2;1H. The number of carbonyl (C=O) groups excluding carboxylic acids is 1. The summed E-state index contributed by atoms with van der Waals surface area (Å²) in [5.41, 5.74) is 1.34. The summed E-state index contributed by atoms with van der Waals surface area (Å²) in [6, 6.07) is 14.6. The van der Waals surface area contributed by atoms with Crippen LogP contribution in [0.1, 0.15) is 21.6 Å². The third-order valence-electron chi connectivity index (χ3n) is 5.05. The van der Waals surface area contributed by atoms with E-state index in [1.54, 1.807) is 16.2 Å². The molecule has 164 valence electrons. The Kier molecular flexibility index (Phi) is 7.35. The van der Waals surface area contributed by atoms with Gasteiger partial charge < -0.3 is 4.90 Å². The van der Waals surface area contributed by atoms with E-state index in [1.807, 2.05) is 35.7 Å². The molecule has 4 rings (SSSR count). The molecule has 0 spiro atoms. The summed E-state index contributed by atoms with van der Waals surface area (Å²) >= 11 is 1.60. The number of hydrogen-bond acceptors (Lipinski definition) is 4. The van der Waals surface area contributed by atoms with Crippen LogP contribution in [0.2, 0.25) is 0 Å². The molecule has 31 heavy (non-hydrogen) atoms. The fraction of sp³-hybridized carbons (Fsp3) is 0.273. The number of benzene rings is 2. The average Bonchev–Trinajstić information content (AvgIpc) is 3.22. The second-order valence-electron chi connectivity index (χ2n) is 7.16. The van der Waals surface area contributed by atoms with Crippen LogP contribution >= 0.6 is 23.7 Å². The first kappa shape index (κ1) is 23.2. The van der Waals surface area contributed by atoms with Crippen LogP contribution in [0, 0.1) is 0 Å². The van der Waals surface area contributed by atoms with E-state index in [9.17, 15) is 18.0 Å². The number of halogens is 4. The maximum atomic E-state index is 12.9. The van der Waals surface area contributed by atoms with Gasteiger partial charge in [-0.3, -0.25) is 9.69 Å². The Morgan fingerprint density at radius 3 is 2.39 bits per heavy atom. The highest BCUT2D eigenvalue weighted by atomic mass is 35.5. The summed E-state index contributed by atoms with van der Waals surface area (Å²) in [5, 5.41) is 3.02. The largest absolute Gasteiger partial charge is 0.416 e. The van der Waals surface area contributed by atoms with Crippen LogP contribution in [-0.4, -0.2) is 46.9 Å². The number of nitrogens with zero attached hydrogens (tertiary/aromatic N) is 3. The Morgan fingerprint density at radius 2 is 1.71 bits per heavy atom. The quantitative estimate of drug-likeness (QED) is 0.528. The second kappa shape index (κ2) is 9.80. The van der Waals surface area contributed by atoms with Crippen molar-refractivity contribution in [2.45, 2.75) is 12.7 Å². The zero-order valence-corrected chi connectivity index (χ0v) is 18.1. The van der Waals surface area contributed by atoms with Gasteiger partial charge in [-0.05, 0) is 18.2 Å². The highest BCUT2D eigenvalue weighted by Crippen LogP contribution is 2.30. The highest BCUT2D eigenvalue weighted by molar-refractivity contribution is 7.13. The van der Waals surface area contributed by atoms with Crippen LogP contribution in [0.15, 0.2) is 60.0 Å². The van der Waals surface area contributed by atoms with Gasteiger partial charge in [-0.1, -0.05) is 36.4 Å². The van der Waals surface area contributed by atoms with Crippen molar-refractivity contribution in [1.82, 2.24) is 14.8 Å². The van der Waals surface area contributed by atoms with E-state index >= 15 is 0 Å². The maximum Gasteiger partial charge on any atom is 0.416 e. The third-order valence-corrected chi connectivity index (χ3v) is 5.99. The lowest BCUT2D eigenvalue weighted by Gasteiger charge is -2.34. The number of hydrogen-bond donors (Lipinski definition) is 0. The van der Waals surface area contributed by atoms with Gasteiger partial charge in [0, 0.05) is 49.2 Å². The molecule has 1 aromatic heterocycles. The molecule has 1 aliphatic heterocycles. The zero-order chi connectivity index (χ0) is 21.1. The lowest BCUT2D eigenvalue weighted by Crippen LogP contribution is -2.48. The lowest BCUT2D eigenvalue weighted by atomic mass is 10.1. The number of carbonyl (C=O) groups is 1. The van der Waals surface area contributed by atoms with Gasteiger partial charge in [0.2, 0.25) is 0 Å². The van der Waals surface area contributed by atoms with Crippen LogP contribution in [0.25, 0.3) is 10.6 Å². The van der Waals surface area contributed by atoms with Crippen molar-refractivity contribution >= 4 is 29.7 Å². The van der Waals surface area contributed by atoms with Crippen LogP contribution in [-0.2, 0) is 12.7 Å². The molecule has 0 saturated carbocycles. The number of amides is 1. The molecular weight excluding hydrogens is 447 g/mol. The normalized spacial score (nSPS) is 14.9. The molecule has 0 radical (unpaired) electrons.